The van der Waals surface area contributed by atoms with Crippen molar-refractivity contribution in [2.24, 2.45) is 0 Å². The monoisotopic (exact) mass is 244 g/mol. The molecule has 82 valence electrons. The predicted octanol–water partition coefficient (Wildman–Crippen LogP) is 2.50. The van der Waals surface area contributed by atoms with Gasteiger partial charge in [-0.1, -0.05) is 13.1 Å². The summed E-state index contributed by atoms with van der Waals surface area (Å²) >= 11 is 0. The molecular weight excluding hydrogens is 228 g/mol. The van der Waals surface area contributed by atoms with Crippen LogP contribution in [-0.2, 0) is 17.1 Å². The topological polar surface area (TPSA) is 0 Å². The van der Waals surface area contributed by atoms with Crippen LogP contribution in [0.3, 0.4) is 0 Å². The third kappa shape index (κ3) is 5.23. The number of hydrogen-bond donors (Lipinski definition) is 0. The molecule has 0 aliphatic heterocycles. The molecule has 2 rings (SSSR count). The largest absolute Gasteiger partial charge is 0.748 e. The van der Waals surface area contributed by atoms with Crippen molar-refractivity contribution in [3.63, 3.8) is 0 Å². The van der Waals surface area contributed by atoms with Gasteiger partial charge in [-0.2, -0.15) is 17.3 Å². The minimum Gasteiger partial charge on any atom is -0.748 e. The Morgan fingerprint density at radius 1 is 0.857 bits per heavy atom. The van der Waals surface area contributed by atoms with E-state index in [-0.39, 0.29) is 17.1 Å². The molecule has 0 nitrogen and oxygen atoms in total. The summed E-state index contributed by atoms with van der Waals surface area (Å²) < 4.78 is 0. The normalized spacial score (nSPS) is 8.79. The molecule has 2 aromatic carbocycles. The fourth-order valence-corrected chi connectivity index (χ4v) is 2.09. The van der Waals surface area contributed by atoms with Gasteiger partial charge in [0.05, 0.1) is 0 Å². The molecule has 0 saturated heterocycles. The molecule has 0 radical (unpaired) electrons. The first-order chi connectivity index (χ1) is 6.30. The van der Waals surface area contributed by atoms with Gasteiger partial charge in [-0.05, 0) is 0 Å². The van der Waals surface area contributed by atoms with E-state index in [1.54, 1.807) is 5.19 Å². The second-order valence-corrected chi connectivity index (χ2v) is 6.31. The molecule has 0 unspecified atom stereocenters. The molecule has 0 bridgehead atoms. The van der Waals surface area contributed by atoms with E-state index in [0.29, 0.717) is 0 Å². The van der Waals surface area contributed by atoms with Gasteiger partial charge in [-0.25, -0.2) is 12.1 Å². The van der Waals surface area contributed by atoms with Crippen LogP contribution in [0.2, 0.25) is 13.1 Å². The summed E-state index contributed by atoms with van der Waals surface area (Å²) in [5, 5.41) is 1.57. The standard InChI is InChI=1S/C7H11Si.C5H5.Fe/c1-8(2)7-5-3-4-6-7;1-2-4-5-3-1;/h3-6,8H,1-2H3;1-5H;/q-1;-5;. The Morgan fingerprint density at radius 2 is 1.21 bits per heavy atom. The Bertz CT molecular complexity index is 265. The fourth-order valence-electron chi connectivity index (χ4n) is 1.09. The second-order valence-electron chi connectivity index (χ2n) is 3.34. The maximum atomic E-state index is 2.34. The Balaban J connectivity index is 0.000000246. The van der Waals surface area contributed by atoms with E-state index >= 15 is 0 Å². The zero-order valence-electron chi connectivity index (χ0n) is 8.63. The van der Waals surface area contributed by atoms with E-state index in [0.717, 1.165) is 0 Å². The summed E-state index contributed by atoms with van der Waals surface area (Å²) in [6.07, 6.45) is 0. The quantitative estimate of drug-likeness (QED) is 0.534. The Kier molecular flexibility index (Phi) is 7.49. The average molecular weight is 244 g/mol. The maximum Gasteiger partial charge on any atom is 0.00103 e. The minimum absolute atomic E-state index is 0. The minimum atomic E-state index is -0.480. The van der Waals surface area contributed by atoms with Gasteiger partial charge in [0.1, 0.15) is 0 Å². The molecule has 0 atom stereocenters. The van der Waals surface area contributed by atoms with Crippen LogP contribution in [0.4, 0.5) is 0 Å². The summed E-state index contributed by atoms with van der Waals surface area (Å²) in [5.74, 6) is 0. The van der Waals surface area contributed by atoms with Gasteiger partial charge in [0, 0.05) is 25.9 Å². The van der Waals surface area contributed by atoms with Crippen molar-refractivity contribution >= 4 is 14.0 Å². The molecule has 14 heavy (non-hydrogen) atoms. The van der Waals surface area contributed by atoms with Crippen LogP contribution >= 0.6 is 0 Å². The first kappa shape index (κ1) is 13.4. The van der Waals surface area contributed by atoms with E-state index in [1.807, 2.05) is 30.3 Å². The van der Waals surface area contributed by atoms with Gasteiger partial charge in [0.25, 0.3) is 0 Å². The van der Waals surface area contributed by atoms with E-state index in [1.165, 1.54) is 0 Å². The van der Waals surface area contributed by atoms with Crippen LogP contribution in [0.1, 0.15) is 0 Å². The Morgan fingerprint density at radius 3 is 1.43 bits per heavy atom. The summed E-state index contributed by atoms with van der Waals surface area (Å²) in [4.78, 5) is 0. The van der Waals surface area contributed by atoms with E-state index in [9.17, 15) is 0 Å². The molecular formula is C12H16FeSi-6. The van der Waals surface area contributed by atoms with Gasteiger partial charge < -0.3 is 30.3 Å². The Hall–Kier alpha value is -0.564. The second kappa shape index (κ2) is 7.80. The molecule has 0 heterocycles. The zero-order chi connectivity index (χ0) is 9.52. The molecule has 0 spiro atoms. The third-order valence-electron chi connectivity index (χ3n) is 1.91. The Labute approximate surface area is 98.8 Å². The van der Waals surface area contributed by atoms with Crippen molar-refractivity contribution < 1.29 is 17.1 Å². The summed E-state index contributed by atoms with van der Waals surface area (Å²) in [5.41, 5.74) is 0. The van der Waals surface area contributed by atoms with Crippen LogP contribution in [0.25, 0.3) is 0 Å². The summed E-state index contributed by atoms with van der Waals surface area (Å²) in [6, 6.07) is 18.7. The molecule has 0 aliphatic rings. The summed E-state index contributed by atoms with van der Waals surface area (Å²) in [7, 11) is -0.480. The van der Waals surface area contributed by atoms with E-state index in [2.05, 4.69) is 37.4 Å². The molecule has 0 saturated carbocycles. The average Bonchev–Trinajstić information content (AvgIpc) is 2.82. The molecule has 2 heteroatoms. The molecule has 0 aromatic heterocycles. The van der Waals surface area contributed by atoms with Crippen LogP contribution < -0.4 is 5.19 Å². The SMILES string of the molecule is C[SiH](C)[c-]1cccc1.[Fe].[cH-]1[cH-][cH-][cH-][cH-]1. The predicted molar refractivity (Wildman–Crippen MR) is 62.6 cm³/mol. The van der Waals surface area contributed by atoms with Crippen molar-refractivity contribution in [1.82, 2.24) is 0 Å². The molecule has 0 amide bonds. The van der Waals surface area contributed by atoms with Gasteiger partial charge in [0.2, 0.25) is 0 Å². The first-order valence-corrected chi connectivity index (χ1v) is 7.57. The van der Waals surface area contributed by atoms with Gasteiger partial charge in [0.15, 0.2) is 0 Å². The number of rotatable bonds is 1. The van der Waals surface area contributed by atoms with E-state index in [4.69, 9.17) is 0 Å². The van der Waals surface area contributed by atoms with Crippen molar-refractivity contribution in [3.05, 3.63) is 54.6 Å². The maximum absolute atomic E-state index is 2.34. The first-order valence-electron chi connectivity index (χ1n) is 4.69. The van der Waals surface area contributed by atoms with Gasteiger partial charge in [-0.3, -0.25) is 0 Å². The van der Waals surface area contributed by atoms with Crippen LogP contribution in [0, 0.1) is 0 Å². The fraction of sp³-hybridized carbons (Fsp3) is 0.167. The molecule has 2 aromatic rings. The van der Waals surface area contributed by atoms with Crippen LogP contribution in [-0.4, -0.2) is 8.80 Å². The van der Waals surface area contributed by atoms with Crippen molar-refractivity contribution in [1.29, 1.82) is 0 Å². The third-order valence-corrected chi connectivity index (χ3v) is 3.63. The van der Waals surface area contributed by atoms with Gasteiger partial charge >= 0.3 is 0 Å². The zero-order valence-corrected chi connectivity index (χ0v) is 10.9. The van der Waals surface area contributed by atoms with Crippen molar-refractivity contribution in [3.8, 4) is 0 Å². The van der Waals surface area contributed by atoms with Crippen molar-refractivity contribution in [2.75, 3.05) is 0 Å². The van der Waals surface area contributed by atoms with Crippen LogP contribution in [0.5, 0.6) is 0 Å². The summed E-state index contributed by atoms with van der Waals surface area (Å²) in [6.45, 7) is 4.69. The smallest absolute Gasteiger partial charge is 0.00103 e. The molecule has 0 fully saturated rings. The molecule has 0 N–H and O–H groups in total. The van der Waals surface area contributed by atoms with Crippen LogP contribution in [0.15, 0.2) is 54.6 Å². The van der Waals surface area contributed by atoms with E-state index < -0.39 is 8.80 Å². The number of hydrogen-bond acceptors (Lipinski definition) is 0. The van der Waals surface area contributed by atoms with Gasteiger partial charge in [-0.15, -0.1) is 0 Å². The molecule has 0 aliphatic carbocycles. The van der Waals surface area contributed by atoms with Crippen molar-refractivity contribution in [2.45, 2.75) is 13.1 Å².